The Bertz CT molecular complexity index is 412. The van der Waals surface area contributed by atoms with Crippen LogP contribution in [0.5, 0.6) is 0 Å². The molecule has 1 aromatic heterocycles. The van der Waals surface area contributed by atoms with Crippen LogP contribution in [0.15, 0.2) is 6.07 Å². The summed E-state index contributed by atoms with van der Waals surface area (Å²) in [5.74, 6) is -1.30. The number of nitrogens with zero attached hydrogens (tertiary/aromatic N) is 2. The van der Waals surface area contributed by atoms with Crippen molar-refractivity contribution in [1.29, 1.82) is 5.26 Å². The molecule has 0 saturated heterocycles. The summed E-state index contributed by atoms with van der Waals surface area (Å²) in [6, 6.07) is 2.02. The number of pyridine rings is 1. The molecular formula is C8H3F3N2O. The van der Waals surface area contributed by atoms with Crippen LogP contribution in [-0.2, 0) is 0 Å². The van der Waals surface area contributed by atoms with Gasteiger partial charge in [0.05, 0.1) is 5.56 Å². The molecule has 0 aliphatic heterocycles. The van der Waals surface area contributed by atoms with E-state index in [1.807, 2.05) is 0 Å². The summed E-state index contributed by atoms with van der Waals surface area (Å²) < 4.78 is 37.3. The molecule has 0 saturated carbocycles. The van der Waals surface area contributed by atoms with Gasteiger partial charge in [0.15, 0.2) is 6.29 Å². The van der Waals surface area contributed by atoms with Crippen molar-refractivity contribution in [3.05, 3.63) is 28.8 Å². The summed E-state index contributed by atoms with van der Waals surface area (Å²) in [5, 5.41) is 8.33. The summed E-state index contributed by atoms with van der Waals surface area (Å²) in [6.07, 6.45) is -3.14. The van der Waals surface area contributed by atoms with Crippen molar-refractivity contribution in [2.24, 2.45) is 0 Å². The molecular weight excluding hydrogens is 197 g/mol. The average molecular weight is 200 g/mol. The normalized spacial score (nSPS) is 9.93. The number of aldehydes is 1. The molecule has 3 nitrogen and oxygen atoms in total. The van der Waals surface area contributed by atoms with Gasteiger partial charge in [-0.15, -0.1) is 0 Å². The smallest absolute Gasteiger partial charge is 0.268 e. The maximum absolute atomic E-state index is 12.9. The van der Waals surface area contributed by atoms with Gasteiger partial charge in [0, 0.05) is 6.07 Å². The number of carbonyl (C=O) groups is 1. The number of rotatable bonds is 2. The van der Waals surface area contributed by atoms with Crippen molar-refractivity contribution < 1.29 is 18.0 Å². The highest BCUT2D eigenvalue weighted by Crippen LogP contribution is 2.24. The van der Waals surface area contributed by atoms with E-state index >= 15 is 0 Å². The number of hydrogen-bond donors (Lipinski definition) is 0. The van der Waals surface area contributed by atoms with Gasteiger partial charge in [-0.3, -0.25) is 4.79 Å². The van der Waals surface area contributed by atoms with Crippen molar-refractivity contribution in [2.75, 3.05) is 0 Å². The van der Waals surface area contributed by atoms with Crippen molar-refractivity contribution in [2.45, 2.75) is 6.43 Å². The van der Waals surface area contributed by atoms with E-state index < -0.39 is 29.2 Å². The lowest BCUT2D eigenvalue weighted by atomic mass is 10.2. The van der Waals surface area contributed by atoms with Crippen molar-refractivity contribution in [3.63, 3.8) is 0 Å². The standard InChI is InChI=1S/C8H3F3N2O/c9-5-1-4(2-12)13-6(3-14)7(5)8(10)11/h1,3,8H. The Morgan fingerprint density at radius 2 is 2.21 bits per heavy atom. The molecule has 6 heteroatoms. The van der Waals surface area contributed by atoms with E-state index in [0.29, 0.717) is 6.07 Å². The zero-order valence-electron chi connectivity index (χ0n) is 6.67. The van der Waals surface area contributed by atoms with Crippen LogP contribution in [0.3, 0.4) is 0 Å². The number of hydrogen-bond acceptors (Lipinski definition) is 3. The first-order valence-electron chi connectivity index (χ1n) is 3.44. The lowest BCUT2D eigenvalue weighted by Crippen LogP contribution is -2.03. The van der Waals surface area contributed by atoms with Crippen LogP contribution < -0.4 is 0 Å². The molecule has 0 unspecified atom stereocenters. The first-order chi connectivity index (χ1) is 6.60. The maximum atomic E-state index is 12.9. The highest BCUT2D eigenvalue weighted by atomic mass is 19.3. The molecule has 0 radical (unpaired) electrons. The minimum absolute atomic E-state index is 0.00852. The molecule has 0 bridgehead atoms. The molecule has 0 aliphatic carbocycles. The van der Waals surface area contributed by atoms with Crippen LogP contribution in [-0.4, -0.2) is 11.3 Å². The molecule has 1 rings (SSSR count). The molecule has 0 spiro atoms. The molecule has 0 atom stereocenters. The number of halogens is 3. The molecule has 0 fully saturated rings. The molecule has 14 heavy (non-hydrogen) atoms. The van der Waals surface area contributed by atoms with Crippen LogP contribution in [0, 0.1) is 17.1 Å². The third kappa shape index (κ3) is 1.71. The van der Waals surface area contributed by atoms with Gasteiger partial charge < -0.3 is 0 Å². The van der Waals surface area contributed by atoms with Crippen LogP contribution in [0.1, 0.15) is 28.2 Å². The topological polar surface area (TPSA) is 53.8 Å². The summed E-state index contributed by atoms with van der Waals surface area (Å²) in [5.41, 5.74) is -2.22. The van der Waals surface area contributed by atoms with Gasteiger partial charge in [0.2, 0.25) is 0 Å². The van der Waals surface area contributed by atoms with E-state index in [2.05, 4.69) is 4.98 Å². The third-order valence-corrected chi connectivity index (χ3v) is 1.48. The van der Waals surface area contributed by atoms with E-state index in [1.54, 1.807) is 0 Å². The van der Waals surface area contributed by atoms with Gasteiger partial charge in [-0.1, -0.05) is 0 Å². The van der Waals surface area contributed by atoms with E-state index in [0.717, 1.165) is 0 Å². The summed E-state index contributed by atoms with van der Waals surface area (Å²) in [7, 11) is 0. The Kier molecular flexibility index (Phi) is 2.82. The highest BCUT2D eigenvalue weighted by Gasteiger charge is 2.20. The predicted molar refractivity (Wildman–Crippen MR) is 39.3 cm³/mol. The second-order valence-corrected chi connectivity index (χ2v) is 2.32. The van der Waals surface area contributed by atoms with E-state index in [1.165, 1.54) is 6.07 Å². The van der Waals surface area contributed by atoms with E-state index in [-0.39, 0.29) is 6.29 Å². The highest BCUT2D eigenvalue weighted by molar-refractivity contribution is 5.74. The Balaban J connectivity index is 3.44. The van der Waals surface area contributed by atoms with Crippen LogP contribution in [0.25, 0.3) is 0 Å². The number of nitriles is 1. The minimum atomic E-state index is -3.13. The number of alkyl halides is 2. The fourth-order valence-corrected chi connectivity index (χ4v) is 0.906. The summed E-state index contributed by atoms with van der Waals surface area (Å²) >= 11 is 0. The van der Waals surface area contributed by atoms with E-state index in [4.69, 9.17) is 5.26 Å². The minimum Gasteiger partial charge on any atom is -0.296 e. The SMILES string of the molecule is N#Cc1cc(F)c(C(F)F)c(C=O)n1. The number of carbonyl (C=O) groups excluding carboxylic acids is 1. The van der Waals surface area contributed by atoms with Gasteiger partial charge in [0.25, 0.3) is 6.43 Å². The Morgan fingerprint density at radius 3 is 2.64 bits per heavy atom. The third-order valence-electron chi connectivity index (χ3n) is 1.48. The molecule has 0 amide bonds. The molecule has 0 aliphatic rings. The first-order valence-corrected chi connectivity index (χ1v) is 3.44. The fourth-order valence-electron chi connectivity index (χ4n) is 0.906. The molecule has 1 aromatic rings. The lowest BCUT2D eigenvalue weighted by Gasteiger charge is -2.03. The van der Waals surface area contributed by atoms with E-state index in [9.17, 15) is 18.0 Å². The van der Waals surface area contributed by atoms with Crippen LogP contribution >= 0.6 is 0 Å². The summed E-state index contributed by atoms with van der Waals surface area (Å²) in [6.45, 7) is 0. The van der Waals surface area contributed by atoms with Crippen molar-refractivity contribution in [3.8, 4) is 6.07 Å². The molecule has 0 N–H and O–H groups in total. The Morgan fingerprint density at radius 1 is 1.57 bits per heavy atom. The molecule has 1 heterocycles. The van der Waals surface area contributed by atoms with Gasteiger partial charge >= 0.3 is 0 Å². The Labute approximate surface area is 76.8 Å². The van der Waals surface area contributed by atoms with Gasteiger partial charge in [0.1, 0.15) is 23.3 Å². The second-order valence-electron chi connectivity index (χ2n) is 2.32. The zero-order chi connectivity index (χ0) is 10.7. The predicted octanol–water partition coefficient (Wildman–Crippen LogP) is 1.84. The van der Waals surface area contributed by atoms with Crippen molar-refractivity contribution in [1.82, 2.24) is 4.98 Å². The Hall–Kier alpha value is -1.90. The largest absolute Gasteiger partial charge is 0.296 e. The zero-order valence-corrected chi connectivity index (χ0v) is 6.67. The van der Waals surface area contributed by atoms with Crippen LogP contribution in [0.2, 0.25) is 0 Å². The van der Waals surface area contributed by atoms with Crippen LogP contribution in [0.4, 0.5) is 13.2 Å². The van der Waals surface area contributed by atoms with Gasteiger partial charge in [-0.2, -0.15) is 5.26 Å². The molecule has 72 valence electrons. The first kappa shape index (κ1) is 10.2. The lowest BCUT2D eigenvalue weighted by molar-refractivity contribution is 0.109. The maximum Gasteiger partial charge on any atom is 0.268 e. The fraction of sp³-hybridized carbons (Fsp3) is 0.125. The van der Waals surface area contributed by atoms with Gasteiger partial charge in [-0.05, 0) is 0 Å². The quantitative estimate of drug-likeness (QED) is 0.684. The van der Waals surface area contributed by atoms with Gasteiger partial charge in [-0.25, -0.2) is 18.2 Å². The monoisotopic (exact) mass is 200 g/mol. The number of aromatic nitrogens is 1. The average Bonchev–Trinajstić information content (AvgIpc) is 2.15. The summed E-state index contributed by atoms with van der Waals surface area (Å²) in [4.78, 5) is 13.5. The second kappa shape index (κ2) is 3.87. The molecule has 0 aromatic carbocycles. The van der Waals surface area contributed by atoms with Crippen molar-refractivity contribution >= 4 is 6.29 Å².